The number of fused-ring (bicyclic) bond motifs is 5. The number of carbonyl (C=O) groups excluding carboxylic acids is 8. The highest BCUT2D eigenvalue weighted by Gasteiger charge is 2.46. The van der Waals surface area contributed by atoms with Crippen LogP contribution in [0, 0.1) is 36.4 Å². The number of rotatable bonds is 28. The summed E-state index contributed by atoms with van der Waals surface area (Å²) in [4.78, 5) is 135. The number of ether oxygens (including phenoxy) is 4. The summed E-state index contributed by atoms with van der Waals surface area (Å²) in [6.07, 6.45) is 29.1. The van der Waals surface area contributed by atoms with Crippen LogP contribution in [0.5, 0.6) is 0 Å². The van der Waals surface area contributed by atoms with Crippen molar-refractivity contribution in [2.75, 3.05) is 107 Å². The summed E-state index contributed by atoms with van der Waals surface area (Å²) in [5.41, 5.74) is 16.5. The van der Waals surface area contributed by atoms with Crippen LogP contribution in [0.25, 0.3) is 77.9 Å². The number of nitrogens with zero attached hydrogens (tertiary/aromatic N) is 12. The number of pyridine rings is 4. The summed E-state index contributed by atoms with van der Waals surface area (Å²) in [6.45, 7) is 16.8. The molecule has 0 saturated carbocycles. The fourth-order valence-corrected chi connectivity index (χ4v) is 22.6. The molecule has 8 saturated heterocycles. The molecule has 0 spiro atoms. The molecule has 33 heteroatoms. The number of nitrogens with one attached hydrogen (secondary N) is 8. The molecular formula is C117H143FN20O12. The van der Waals surface area contributed by atoms with E-state index < -0.39 is 30.2 Å². The van der Waals surface area contributed by atoms with Crippen molar-refractivity contribution < 1.29 is 61.7 Å². The number of hydrogen-bond acceptors (Lipinski definition) is 20. The molecule has 16 heterocycles. The Kier molecular flexibility index (Phi) is 35.1. The average Bonchev–Trinajstić information content (AvgIpc) is 1.24. The highest BCUT2D eigenvalue weighted by Crippen LogP contribution is 2.43. The number of carbonyl (C=O) groups is 8. The zero-order valence-electron chi connectivity index (χ0n) is 87.5. The van der Waals surface area contributed by atoms with Crippen LogP contribution in [-0.4, -0.2) is 260 Å². The van der Waals surface area contributed by atoms with Crippen LogP contribution in [0.3, 0.4) is 0 Å². The van der Waals surface area contributed by atoms with Gasteiger partial charge >= 0.3 is 0 Å². The number of aryl methyl sites for hydroxylation is 1. The summed E-state index contributed by atoms with van der Waals surface area (Å²) in [5, 5.41) is 26.5. The van der Waals surface area contributed by atoms with Gasteiger partial charge in [-0.3, -0.25) is 38.4 Å². The van der Waals surface area contributed by atoms with E-state index in [1.165, 1.54) is 28.5 Å². The lowest BCUT2D eigenvalue weighted by molar-refractivity contribution is -0.140. The van der Waals surface area contributed by atoms with E-state index in [-0.39, 0.29) is 119 Å². The van der Waals surface area contributed by atoms with E-state index in [1.54, 1.807) is 54.2 Å². The molecule has 12 atom stereocenters. The molecule has 13 aromatic rings. The highest BCUT2D eigenvalue weighted by molar-refractivity contribution is 6.00. The van der Waals surface area contributed by atoms with Crippen molar-refractivity contribution >= 4 is 80.6 Å². The maximum absolute atomic E-state index is 14.1. The number of likely N-dealkylation sites (tertiary alicyclic amines) is 4. The van der Waals surface area contributed by atoms with Gasteiger partial charge in [-0.1, -0.05) is 109 Å². The van der Waals surface area contributed by atoms with Gasteiger partial charge in [0.1, 0.15) is 52.6 Å². The topological polar surface area (TPSA) is 352 Å². The second-order valence-corrected chi connectivity index (χ2v) is 41.0. The summed E-state index contributed by atoms with van der Waals surface area (Å²) >= 11 is 0. The van der Waals surface area contributed by atoms with Gasteiger partial charge in [-0.2, -0.15) is 0 Å². The third-order valence-corrected chi connectivity index (χ3v) is 31.8. The molecule has 8 N–H and O–H groups in total. The number of likely N-dealkylation sites (N-methyl/N-ethyl adjacent to an activating group) is 4. The molecule has 0 aliphatic carbocycles. The second-order valence-electron chi connectivity index (χ2n) is 41.0. The lowest BCUT2D eigenvalue weighted by Crippen LogP contribution is -2.56. The molecule has 8 amide bonds. The summed E-state index contributed by atoms with van der Waals surface area (Å²) < 4.78 is 43.8. The maximum Gasteiger partial charge on any atom is 0.246 e. The molecule has 0 unspecified atom stereocenters. The monoisotopic (exact) mass is 2040 g/mol. The van der Waals surface area contributed by atoms with Crippen molar-refractivity contribution in [1.82, 2.24) is 99.7 Å². The zero-order chi connectivity index (χ0) is 105. The minimum absolute atomic E-state index is 0.0118. The lowest BCUT2D eigenvalue weighted by Gasteiger charge is -2.35. The standard InChI is InChI=1S/C32H37N5O3.C29H37N5O3.C28H34FN5O3.C28H35N5O3/c1-21(33-2)31(38)35-29(23-14-18-40-19-15-23)32(39)37-17-7-13-28(37)27-20-36-16-6-12-26(30(36)34-27)25-11-5-9-22-8-3-4-10-24(22)25;1-19-8-4-5-9-22(19)23-10-6-14-33-18-24(31-27(23)33)25-11-7-15-34(25)29(36)26(21-12-16-37-17-13-21)32-28(35)20(2)30-3;1-18(30-2)27(35)32-25(20-11-15-37-16-12-20)28(36)34-14-4-6-24(34)23-17-33-13-3-5-22(26(33)31-23)19-7-9-21(29)10-8-19;1-19(29-2)27(34)31-25(21-12-16-36-17-13-21)28(35)33-15-7-11-24(33)23-18-32-14-6-10-22(26(32)30-23)20-8-4-3-5-9-20/h3-6,8-12,16,20-21,23,28-29,33H,7,13-15,17-19H2,1-2H3,(H,35,38);4-6,8-10,14,18,20-21,25-26,30H,7,11-13,15-17H2,1-3H3,(H,32,35);3,5,7-10,13,17-18,20,24-25,30H,4,6,11-12,14-16H2,1-2H3,(H,32,35);3-6,8-10,14,18-19,21,24-25,29H,7,11-13,15-17H2,1-2H3,(H,31,34)/t21-,28-,29-;20-,25-,26-;18-,24-,25-;19-,24-,25-/m0000/s1. The SMILES string of the molecule is CN[C@@H](C)C(=O)N[C@H](C(=O)N1CCC[C@H]1c1cn2cccc(-c3ccc(F)cc3)c2n1)C1CCOCC1.CN[C@@H](C)C(=O)N[C@H](C(=O)N1CCC[C@H]1c1cn2cccc(-c3cccc4ccccc34)c2n1)C1CCOCC1.CN[C@@H](C)C(=O)N[C@H](C(=O)N1CCC[C@H]1c1cn2cccc(-c3ccccc3)c2n1)C1CCOCC1.CN[C@@H](C)C(=O)N[C@H](C(=O)N1CCC[C@H]1c1cn2cccc(-c3ccccc3C)c2n1)C1CCOCC1. The Labute approximate surface area is 875 Å². The molecule has 790 valence electrons. The molecule has 8 aromatic heterocycles. The fraction of sp³-hybridized carbons (Fsp3) is 0.453. The van der Waals surface area contributed by atoms with E-state index in [0.29, 0.717) is 79.0 Å². The molecule has 0 bridgehead atoms. The van der Waals surface area contributed by atoms with E-state index in [1.807, 2.05) is 140 Å². The Bertz CT molecular complexity index is 6860. The van der Waals surface area contributed by atoms with E-state index in [2.05, 4.69) is 156 Å². The van der Waals surface area contributed by atoms with Gasteiger partial charge in [-0.05, 0) is 288 Å². The Morgan fingerprint density at radius 3 is 0.913 bits per heavy atom. The van der Waals surface area contributed by atoms with Crippen molar-refractivity contribution in [1.29, 1.82) is 0 Å². The van der Waals surface area contributed by atoms with Gasteiger partial charge in [0.05, 0.1) is 71.1 Å². The molecule has 150 heavy (non-hydrogen) atoms. The largest absolute Gasteiger partial charge is 0.381 e. The molecule has 8 aliphatic rings. The first-order valence-corrected chi connectivity index (χ1v) is 53.7. The van der Waals surface area contributed by atoms with Crippen LogP contribution >= 0.6 is 0 Å². The maximum atomic E-state index is 14.1. The third-order valence-electron chi connectivity index (χ3n) is 31.8. The van der Waals surface area contributed by atoms with Crippen LogP contribution in [0.1, 0.15) is 183 Å². The van der Waals surface area contributed by atoms with Gasteiger partial charge in [0.2, 0.25) is 47.3 Å². The lowest BCUT2D eigenvalue weighted by atomic mass is 9.90. The summed E-state index contributed by atoms with van der Waals surface area (Å²) in [7, 11) is 6.98. The van der Waals surface area contributed by atoms with Gasteiger partial charge in [0.15, 0.2) is 0 Å². The Morgan fingerprint density at radius 2 is 0.580 bits per heavy atom. The van der Waals surface area contributed by atoms with Crippen molar-refractivity contribution in [2.24, 2.45) is 23.7 Å². The normalized spacial score (nSPS) is 20.1. The van der Waals surface area contributed by atoms with Crippen molar-refractivity contribution in [3.05, 3.63) is 254 Å². The summed E-state index contributed by atoms with van der Waals surface area (Å²) in [6, 6.07) is 51.7. The fourth-order valence-electron chi connectivity index (χ4n) is 22.6. The Morgan fingerprint density at radius 1 is 0.307 bits per heavy atom. The smallest absolute Gasteiger partial charge is 0.246 e. The number of aromatic nitrogens is 8. The number of halogens is 1. The van der Waals surface area contributed by atoms with Crippen LogP contribution in [0.15, 0.2) is 219 Å². The number of benzene rings is 5. The first-order chi connectivity index (χ1) is 73.0. The molecule has 8 fully saturated rings. The molecule has 21 rings (SSSR count). The van der Waals surface area contributed by atoms with Gasteiger partial charge < -0.3 is 98.7 Å². The molecule has 5 aromatic carbocycles. The first kappa shape index (κ1) is 106. The molecule has 8 aliphatic heterocycles. The molecule has 0 radical (unpaired) electrons. The third kappa shape index (κ3) is 23.9. The van der Waals surface area contributed by atoms with Gasteiger partial charge in [0, 0.05) is 151 Å². The summed E-state index contributed by atoms with van der Waals surface area (Å²) in [5.74, 6) is -0.822. The first-order valence-electron chi connectivity index (χ1n) is 53.7. The van der Waals surface area contributed by atoms with E-state index in [0.717, 1.165) is 193 Å². The van der Waals surface area contributed by atoms with Crippen LogP contribution in [0.2, 0.25) is 0 Å². The zero-order valence-corrected chi connectivity index (χ0v) is 87.5. The van der Waals surface area contributed by atoms with Crippen LogP contribution in [0.4, 0.5) is 4.39 Å². The van der Waals surface area contributed by atoms with Gasteiger partial charge in [0.25, 0.3) is 0 Å². The minimum atomic E-state index is -0.598. The number of hydrogen-bond donors (Lipinski definition) is 8. The molecule has 32 nitrogen and oxygen atoms in total. The van der Waals surface area contributed by atoms with Gasteiger partial charge in [-0.15, -0.1) is 0 Å². The Balaban J connectivity index is 0.000000131. The van der Waals surface area contributed by atoms with Crippen molar-refractivity contribution in [2.45, 2.75) is 210 Å². The quantitative estimate of drug-likeness (QED) is 0.0226. The predicted molar refractivity (Wildman–Crippen MR) is 575 cm³/mol. The average molecular weight is 2040 g/mol. The molecular weight excluding hydrogens is 1900 g/mol. The van der Waals surface area contributed by atoms with Crippen LogP contribution in [-0.2, 0) is 57.3 Å². The number of amides is 8. The number of imidazole rings is 4. The van der Waals surface area contributed by atoms with Crippen molar-refractivity contribution in [3.63, 3.8) is 0 Å². The van der Waals surface area contributed by atoms with E-state index >= 15 is 0 Å². The Hall–Kier alpha value is -13.5. The second kappa shape index (κ2) is 49.5. The predicted octanol–water partition coefficient (Wildman–Crippen LogP) is 14.3. The van der Waals surface area contributed by atoms with E-state index in [9.17, 15) is 42.7 Å². The van der Waals surface area contributed by atoms with Crippen molar-refractivity contribution in [3.8, 4) is 44.5 Å². The van der Waals surface area contributed by atoms with Crippen LogP contribution < -0.4 is 42.5 Å². The van der Waals surface area contributed by atoms with Gasteiger partial charge in [-0.25, -0.2) is 24.3 Å². The minimum Gasteiger partial charge on any atom is -0.381 e. The van der Waals surface area contributed by atoms with E-state index in [4.69, 9.17) is 38.9 Å². The highest BCUT2D eigenvalue weighted by atomic mass is 19.1.